The molecule has 0 saturated heterocycles. The van der Waals surface area contributed by atoms with Gasteiger partial charge < -0.3 is 21.4 Å². The van der Waals surface area contributed by atoms with Gasteiger partial charge in [-0.15, -0.1) is 0 Å². The molecule has 4 rings (SSSR count). The predicted molar refractivity (Wildman–Crippen MR) is 96.7 cm³/mol. The lowest BCUT2D eigenvalue weighted by molar-refractivity contribution is 0.0946. The fourth-order valence-corrected chi connectivity index (χ4v) is 3.43. The van der Waals surface area contributed by atoms with Crippen LogP contribution in [0.3, 0.4) is 0 Å². The lowest BCUT2D eigenvalue weighted by atomic mass is 9.96. The monoisotopic (exact) mass is 334 g/mol. The van der Waals surface area contributed by atoms with E-state index in [1.54, 1.807) is 12.3 Å². The third-order valence-corrected chi connectivity index (χ3v) is 4.48. The van der Waals surface area contributed by atoms with E-state index in [1.165, 1.54) is 0 Å². The van der Waals surface area contributed by atoms with Crippen LogP contribution in [0.25, 0.3) is 22.5 Å². The summed E-state index contributed by atoms with van der Waals surface area (Å²) in [6.45, 7) is 0.616. The van der Waals surface area contributed by atoms with Gasteiger partial charge in [0.1, 0.15) is 0 Å². The average Bonchev–Trinajstić information content (AvgIpc) is 2.89. The van der Waals surface area contributed by atoms with Gasteiger partial charge in [0.05, 0.1) is 17.0 Å². The average molecular weight is 334 g/mol. The van der Waals surface area contributed by atoms with Gasteiger partial charge in [0.2, 0.25) is 5.95 Å². The molecule has 1 amide bonds. The van der Waals surface area contributed by atoms with Crippen molar-refractivity contribution in [1.29, 1.82) is 0 Å². The number of carbonyl (C=O) groups excluding carboxylic acids is 1. The molecule has 3 aromatic rings. The van der Waals surface area contributed by atoms with Crippen molar-refractivity contribution >= 4 is 17.5 Å². The van der Waals surface area contributed by atoms with Crippen LogP contribution in [0.5, 0.6) is 0 Å². The second-order valence-corrected chi connectivity index (χ2v) is 6.04. The Bertz CT molecular complexity index is 991. The maximum atomic E-state index is 12.6. The third kappa shape index (κ3) is 2.40. The molecule has 2 aromatic heterocycles. The summed E-state index contributed by atoms with van der Waals surface area (Å²) in [7, 11) is 1.95. The molecule has 126 valence electrons. The topological polar surface area (TPSA) is 112 Å². The van der Waals surface area contributed by atoms with Crippen molar-refractivity contribution in [3.05, 3.63) is 47.8 Å². The first-order valence-electron chi connectivity index (χ1n) is 8.01. The first kappa shape index (κ1) is 15.2. The summed E-state index contributed by atoms with van der Waals surface area (Å²) >= 11 is 0. The van der Waals surface area contributed by atoms with Gasteiger partial charge in [-0.1, -0.05) is 12.1 Å². The summed E-state index contributed by atoms with van der Waals surface area (Å²) in [6.07, 6.45) is 2.38. The molecular weight excluding hydrogens is 316 g/mol. The van der Waals surface area contributed by atoms with Gasteiger partial charge in [0.25, 0.3) is 5.91 Å². The third-order valence-electron chi connectivity index (χ3n) is 4.48. The molecule has 0 atom stereocenters. The Morgan fingerprint density at radius 2 is 2.04 bits per heavy atom. The van der Waals surface area contributed by atoms with Crippen LogP contribution in [-0.4, -0.2) is 27.0 Å². The van der Waals surface area contributed by atoms with Crippen molar-refractivity contribution < 1.29 is 4.79 Å². The molecule has 0 aliphatic carbocycles. The molecule has 0 radical (unpaired) electrons. The van der Waals surface area contributed by atoms with Crippen LogP contribution < -0.4 is 16.8 Å². The molecule has 0 fully saturated rings. The number of benzene rings is 1. The summed E-state index contributed by atoms with van der Waals surface area (Å²) in [5.41, 5.74) is 17.2. The number of amides is 1. The highest BCUT2D eigenvalue weighted by Gasteiger charge is 2.30. The number of fused-ring (bicyclic) bond motifs is 1. The standard InChI is InChI=1S/C18H18N6O/c1-24-13-6-8-21-17(25)15(13)14(10-3-2-4-11(19)9-10)16(24)12-5-7-22-18(20)23-12/h2-5,7,9H,6,8,19H2,1H3,(H,21,25)(H2,20,22,23). The molecule has 5 N–H and O–H groups in total. The fourth-order valence-electron chi connectivity index (χ4n) is 3.43. The number of carbonyl (C=O) groups is 1. The first-order valence-corrected chi connectivity index (χ1v) is 8.01. The van der Waals surface area contributed by atoms with Gasteiger partial charge in [-0.3, -0.25) is 4.79 Å². The summed E-state index contributed by atoms with van der Waals surface area (Å²) in [4.78, 5) is 20.9. The zero-order valence-corrected chi connectivity index (χ0v) is 13.8. The smallest absolute Gasteiger partial charge is 0.253 e. The second-order valence-electron chi connectivity index (χ2n) is 6.04. The van der Waals surface area contributed by atoms with Gasteiger partial charge in [-0.05, 0) is 23.8 Å². The maximum Gasteiger partial charge on any atom is 0.253 e. The first-order chi connectivity index (χ1) is 12.1. The number of nitrogens with one attached hydrogen (secondary N) is 1. The number of nitrogens with two attached hydrogens (primary N) is 2. The zero-order valence-electron chi connectivity index (χ0n) is 13.8. The number of anilines is 2. The molecule has 3 heterocycles. The van der Waals surface area contributed by atoms with Gasteiger partial charge in [-0.25, -0.2) is 9.97 Å². The van der Waals surface area contributed by atoms with Crippen molar-refractivity contribution in [3.8, 4) is 22.5 Å². The predicted octanol–water partition coefficient (Wildman–Crippen LogP) is 1.60. The lowest BCUT2D eigenvalue weighted by Crippen LogP contribution is -2.32. The molecule has 0 spiro atoms. The highest BCUT2D eigenvalue weighted by atomic mass is 16.1. The largest absolute Gasteiger partial charge is 0.399 e. The van der Waals surface area contributed by atoms with E-state index >= 15 is 0 Å². The molecule has 7 heteroatoms. The quantitative estimate of drug-likeness (QED) is 0.616. The van der Waals surface area contributed by atoms with Crippen LogP contribution in [0.4, 0.5) is 11.6 Å². The molecule has 1 aliphatic rings. The van der Waals surface area contributed by atoms with Crippen molar-refractivity contribution in [3.63, 3.8) is 0 Å². The van der Waals surface area contributed by atoms with Crippen LogP contribution in [0.15, 0.2) is 36.5 Å². The molecule has 7 nitrogen and oxygen atoms in total. The molecule has 1 aromatic carbocycles. The second kappa shape index (κ2) is 5.62. The van der Waals surface area contributed by atoms with Crippen molar-refractivity contribution in [2.24, 2.45) is 7.05 Å². The Kier molecular flexibility index (Phi) is 3.42. The SMILES string of the molecule is Cn1c2c(c(-c3cccc(N)c3)c1-c1ccnc(N)n1)C(=O)NCC2. The Morgan fingerprint density at radius 3 is 2.80 bits per heavy atom. The van der Waals surface area contributed by atoms with Crippen LogP contribution in [-0.2, 0) is 13.5 Å². The summed E-state index contributed by atoms with van der Waals surface area (Å²) in [6, 6.07) is 9.31. The van der Waals surface area contributed by atoms with Crippen molar-refractivity contribution in [2.45, 2.75) is 6.42 Å². The van der Waals surface area contributed by atoms with Crippen LogP contribution in [0.2, 0.25) is 0 Å². The minimum Gasteiger partial charge on any atom is -0.399 e. The molecule has 0 saturated carbocycles. The van der Waals surface area contributed by atoms with Crippen LogP contribution in [0, 0.1) is 0 Å². The van der Waals surface area contributed by atoms with Crippen molar-refractivity contribution in [2.75, 3.05) is 18.0 Å². The molecule has 0 unspecified atom stereocenters. The fraction of sp³-hybridized carbons (Fsp3) is 0.167. The number of hydrogen-bond acceptors (Lipinski definition) is 5. The highest BCUT2D eigenvalue weighted by Crippen LogP contribution is 2.39. The van der Waals surface area contributed by atoms with E-state index in [0.717, 1.165) is 28.9 Å². The van der Waals surface area contributed by atoms with E-state index in [0.29, 0.717) is 23.5 Å². The minimum atomic E-state index is -0.0810. The number of rotatable bonds is 2. The maximum absolute atomic E-state index is 12.6. The molecule has 1 aliphatic heterocycles. The van der Waals surface area contributed by atoms with Gasteiger partial charge >= 0.3 is 0 Å². The van der Waals surface area contributed by atoms with Gasteiger partial charge in [0.15, 0.2) is 0 Å². The molecule has 0 bridgehead atoms. The molecular formula is C18H18N6O. The number of nitrogen functional groups attached to an aromatic ring is 2. The van der Waals surface area contributed by atoms with Crippen LogP contribution >= 0.6 is 0 Å². The number of aromatic nitrogens is 3. The van der Waals surface area contributed by atoms with Gasteiger partial charge in [0, 0.05) is 43.2 Å². The van der Waals surface area contributed by atoms with E-state index in [2.05, 4.69) is 15.3 Å². The van der Waals surface area contributed by atoms with E-state index < -0.39 is 0 Å². The number of hydrogen-bond donors (Lipinski definition) is 3. The molecule has 25 heavy (non-hydrogen) atoms. The Balaban J connectivity index is 2.08. The van der Waals surface area contributed by atoms with E-state index in [-0.39, 0.29) is 11.9 Å². The summed E-state index contributed by atoms with van der Waals surface area (Å²) in [5.74, 6) is 0.113. The van der Waals surface area contributed by atoms with E-state index in [1.807, 2.05) is 35.9 Å². The highest BCUT2D eigenvalue weighted by molar-refractivity contribution is 6.07. The summed E-state index contributed by atoms with van der Waals surface area (Å²) in [5, 5.41) is 2.93. The normalized spacial score (nSPS) is 13.4. The lowest BCUT2D eigenvalue weighted by Gasteiger charge is -2.15. The number of nitrogens with zero attached hydrogens (tertiary/aromatic N) is 3. The van der Waals surface area contributed by atoms with E-state index in [9.17, 15) is 4.79 Å². The van der Waals surface area contributed by atoms with Crippen molar-refractivity contribution in [1.82, 2.24) is 19.9 Å². The minimum absolute atomic E-state index is 0.0810. The van der Waals surface area contributed by atoms with Crippen LogP contribution in [0.1, 0.15) is 16.1 Å². The Hall–Kier alpha value is -3.35. The Morgan fingerprint density at radius 1 is 1.20 bits per heavy atom. The zero-order chi connectivity index (χ0) is 17.6. The van der Waals surface area contributed by atoms with Gasteiger partial charge in [-0.2, -0.15) is 0 Å². The summed E-state index contributed by atoms with van der Waals surface area (Å²) < 4.78 is 2.02. The Labute approximate surface area is 144 Å². The van der Waals surface area contributed by atoms with E-state index in [4.69, 9.17) is 11.5 Å².